The van der Waals surface area contributed by atoms with E-state index in [0.29, 0.717) is 5.88 Å². The van der Waals surface area contributed by atoms with Crippen molar-refractivity contribution in [1.29, 1.82) is 0 Å². The van der Waals surface area contributed by atoms with Crippen molar-refractivity contribution in [3.05, 3.63) is 42.0 Å². The lowest BCUT2D eigenvalue weighted by molar-refractivity contribution is -0.137. The molecule has 0 radical (unpaired) electrons. The van der Waals surface area contributed by atoms with Crippen molar-refractivity contribution >= 4 is 26.3 Å². The lowest BCUT2D eigenvalue weighted by atomic mass is 10.1. The molecular weight excluding hydrogens is 301 g/mol. The molecular formula is C15H20ClF3Si. The van der Waals surface area contributed by atoms with Crippen LogP contribution in [0.5, 0.6) is 0 Å². The van der Waals surface area contributed by atoms with Gasteiger partial charge in [-0.3, -0.25) is 0 Å². The Morgan fingerprint density at radius 1 is 1.10 bits per heavy atom. The van der Waals surface area contributed by atoms with Gasteiger partial charge in [0.15, 0.2) is 0 Å². The molecule has 112 valence electrons. The fraction of sp³-hybridized carbons (Fsp3) is 0.467. The molecule has 20 heavy (non-hydrogen) atoms. The molecule has 0 aliphatic carbocycles. The zero-order valence-corrected chi connectivity index (χ0v) is 13.6. The van der Waals surface area contributed by atoms with Crippen LogP contribution in [0.3, 0.4) is 0 Å². The van der Waals surface area contributed by atoms with E-state index < -0.39 is 21.3 Å². The second kappa shape index (κ2) is 8.52. The standard InChI is InChI=1S/C15H20ClF3Si/c1-12(5-3-2-4-10-16)11-20-14-8-6-13(7-9-14)15(17,18)19/h6-9H,1-5,10-11,20H2. The molecule has 0 nitrogen and oxygen atoms in total. The van der Waals surface area contributed by atoms with Crippen molar-refractivity contribution in [1.82, 2.24) is 0 Å². The van der Waals surface area contributed by atoms with Crippen LogP contribution in [-0.4, -0.2) is 15.4 Å². The average molecular weight is 321 g/mol. The van der Waals surface area contributed by atoms with Gasteiger partial charge < -0.3 is 0 Å². The van der Waals surface area contributed by atoms with Crippen molar-refractivity contribution in [2.45, 2.75) is 37.9 Å². The van der Waals surface area contributed by atoms with E-state index in [1.807, 2.05) is 0 Å². The van der Waals surface area contributed by atoms with Crippen molar-refractivity contribution in [2.75, 3.05) is 5.88 Å². The van der Waals surface area contributed by atoms with Crippen LogP contribution in [-0.2, 0) is 6.18 Å². The summed E-state index contributed by atoms with van der Waals surface area (Å²) in [5.74, 6) is 0.701. The molecule has 1 aromatic rings. The second-order valence-electron chi connectivity index (χ2n) is 4.94. The van der Waals surface area contributed by atoms with E-state index in [-0.39, 0.29) is 0 Å². The summed E-state index contributed by atoms with van der Waals surface area (Å²) in [5, 5.41) is 1.06. The predicted octanol–water partition coefficient (Wildman–Crippen LogP) is 4.27. The summed E-state index contributed by atoms with van der Waals surface area (Å²) in [6.45, 7) is 4.05. The van der Waals surface area contributed by atoms with E-state index in [2.05, 4.69) is 6.58 Å². The zero-order chi connectivity index (χ0) is 15.0. The molecule has 1 rings (SSSR count). The highest BCUT2D eigenvalue weighted by atomic mass is 35.5. The minimum atomic E-state index is -4.24. The number of alkyl halides is 4. The molecule has 0 aliphatic heterocycles. The topological polar surface area (TPSA) is 0 Å². The van der Waals surface area contributed by atoms with Crippen molar-refractivity contribution in [2.24, 2.45) is 0 Å². The summed E-state index contributed by atoms with van der Waals surface area (Å²) in [7, 11) is -0.551. The fourth-order valence-electron chi connectivity index (χ4n) is 1.95. The second-order valence-corrected chi connectivity index (χ2v) is 7.14. The van der Waals surface area contributed by atoms with Crippen LogP contribution in [0.4, 0.5) is 13.2 Å². The van der Waals surface area contributed by atoms with Gasteiger partial charge in [-0.25, -0.2) is 0 Å². The van der Waals surface area contributed by atoms with Gasteiger partial charge in [0, 0.05) is 5.88 Å². The molecule has 0 atom stereocenters. The Bertz CT molecular complexity index is 412. The van der Waals surface area contributed by atoms with Gasteiger partial charge in [-0.1, -0.05) is 41.4 Å². The Balaban J connectivity index is 2.33. The molecule has 0 saturated carbocycles. The molecule has 0 heterocycles. The van der Waals surface area contributed by atoms with Crippen molar-refractivity contribution < 1.29 is 13.2 Å². The maximum Gasteiger partial charge on any atom is 0.416 e. The maximum absolute atomic E-state index is 12.4. The highest BCUT2D eigenvalue weighted by Gasteiger charge is 2.29. The number of halogens is 4. The third kappa shape index (κ3) is 6.62. The molecule has 0 saturated heterocycles. The Kier molecular flexibility index (Phi) is 7.38. The highest BCUT2D eigenvalue weighted by molar-refractivity contribution is 6.54. The van der Waals surface area contributed by atoms with Gasteiger partial charge in [0.25, 0.3) is 0 Å². The van der Waals surface area contributed by atoms with E-state index in [1.54, 1.807) is 12.1 Å². The van der Waals surface area contributed by atoms with Crippen LogP contribution in [0.2, 0.25) is 6.04 Å². The summed E-state index contributed by atoms with van der Waals surface area (Å²) in [6, 6.07) is 6.52. The Morgan fingerprint density at radius 2 is 1.75 bits per heavy atom. The predicted molar refractivity (Wildman–Crippen MR) is 82.8 cm³/mol. The van der Waals surface area contributed by atoms with E-state index in [9.17, 15) is 13.2 Å². The first-order valence-electron chi connectivity index (χ1n) is 6.82. The molecule has 0 bridgehead atoms. The molecule has 0 aliphatic rings. The van der Waals surface area contributed by atoms with Crippen LogP contribution in [0.25, 0.3) is 0 Å². The summed E-state index contributed by atoms with van der Waals surface area (Å²) < 4.78 is 37.3. The smallest absolute Gasteiger partial charge is 0.166 e. The number of unbranched alkanes of at least 4 members (excludes halogenated alkanes) is 2. The van der Waals surface area contributed by atoms with Gasteiger partial charge in [-0.15, -0.1) is 18.2 Å². The number of allylic oxidation sites excluding steroid dienone is 1. The molecule has 0 amide bonds. The lowest BCUT2D eigenvalue weighted by Gasteiger charge is -2.08. The first kappa shape index (κ1) is 17.3. The minimum Gasteiger partial charge on any atom is -0.166 e. The molecule has 0 unspecified atom stereocenters. The van der Waals surface area contributed by atoms with Gasteiger partial charge in [0.1, 0.15) is 0 Å². The van der Waals surface area contributed by atoms with Crippen molar-refractivity contribution in [3.8, 4) is 0 Å². The van der Waals surface area contributed by atoms with E-state index in [1.165, 1.54) is 17.7 Å². The molecule has 5 heteroatoms. The Morgan fingerprint density at radius 3 is 2.30 bits per heavy atom. The number of rotatable bonds is 8. The molecule has 0 N–H and O–H groups in total. The zero-order valence-electron chi connectivity index (χ0n) is 11.5. The van der Waals surface area contributed by atoms with Crippen LogP contribution in [0, 0.1) is 0 Å². The average Bonchev–Trinajstić information content (AvgIpc) is 2.41. The number of hydrogen-bond donors (Lipinski definition) is 0. The summed E-state index contributed by atoms with van der Waals surface area (Å²) in [5.41, 5.74) is 0.640. The van der Waals surface area contributed by atoms with Crippen molar-refractivity contribution in [3.63, 3.8) is 0 Å². The van der Waals surface area contributed by atoms with Gasteiger partial charge >= 0.3 is 6.18 Å². The highest BCUT2D eigenvalue weighted by Crippen LogP contribution is 2.28. The summed E-state index contributed by atoms with van der Waals surface area (Å²) in [6.07, 6.45) is 0.0130. The molecule has 0 aromatic heterocycles. The van der Waals surface area contributed by atoms with Crippen LogP contribution >= 0.6 is 11.6 Å². The van der Waals surface area contributed by atoms with Gasteiger partial charge in [0.05, 0.1) is 15.1 Å². The summed E-state index contributed by atoms with van der Waals surface area (Å²) >= 11 is 5.61. The molecule has 1 aromatic carbocycles. The van der Waals surface area contributed by atoms with E-state index >= 15 is 0 Å². The molecule has 0 fully saturated rings. The monoisotopic (exact) mass is 320 g/mol. The van der Waals surface area contributed by atoms with Gasteiger partial charge in [-0.05, 0) is 25.3 Å². The SMILES string of the molecule is C=C(CCCCCCl)C[SiH2]c1ccc(C(F)(F)F)cc1. The maximum atomic E-state index is 12.4. The van der Waals surface area contributed by atoms with E-state index in [4.69, 9.17) is 11.6 Å². The Labute approximate surface area is 125 Å². The first-order chi connectivity index (χ1) is 9.43. The minimum absolute atomic E-state index is 0.551. The molecule has 0 spiro atoms. The van der Waals surface area contributed by atoms with Crippen LogP contribution in [0.15, 0.2) is 36.4 Å². The quantitative estimate of drug-likeness (QED) is 0.290. The van der Waals surface area contributed by atoms with Gasteiger partial charge in [-0.2, -0.15) is 13.2 Å². The third-order valence-corrected chi connectivity index (χ3v) is 5.49. The lowest BCUT2D eigenvalue weighted by Crippen LogP contribution is -2.15. The van der Waals surface area contributed by atoms with E-state index in [0.717, 1.165) is 36.9 Å². The fourth-order valence-corrected chi connectivity index (χ4v) is 3.60. The van der Waals surface area contributed by atoms with Crippen LogP contribution in [0.1, 0.15) is 31.2 Å². The summed E-state index contributed by atoms with van der Waals surface area (Å²) in [4.78, 5) is 0. The first-order valence-corrected chi connectivity index (χ1v) is 9.06. The Hall–Kier alpha value is -0.743. The third-order valence-electron chi connectivity index (χ3n) is 3.21. The number of benzene rings is 1. The largest absolute Gasteiger partial charge is 0.416 e. The normalized spacial score (nSPS) is 12.2. The number of hydrogen-bond acceptors (Lipinski definition) is 0. The van der Waals surface area contributed by atoms with Crippen LogP contribution < -0.4 is 5.19 Å². The van der Waals surface area contributed by atoms with Gasteiger partial charge in [0.2, 0.25) is 0 Å².